The summed E-state index contributed by atoms with van der Waals surface area (Å²) in [6.07, 6.45) is 0. The lowest BCUT2D eigenvalue weighted by Crippen LogP contribution is -2.69. The molecule has 2 aromatic carbocycles. The molecular weight excluding hydrogens is 367 g/mol. The van der Waals surface area contributed by atoms with E-state index in [0.29, 0.717) is 22.0 Å². The molecule has 0 saturated heterocycles. The molecule has 2 rings (SSSR count). The predicted octanol–water partition coefficient (Wildman–Crippen LogP) is 6.04. The average Bonchev–Trinajstić information content (AvgIpc) is 2.50. The highest BCUT2D eigenvalue weighted by atomic mass is 28.5. The highest BCUT2D eigenvalue weighted by Gasteiger charge is 2.62. The lowest BCUT2D eigenvalue weighted by molar-refractivity contribution is 0.493. The Kier molecular flexibility index (Phi) is 5.50. The molecule has 1 atom stereocenters. The first-order valence-corrected chi connectivity index (χ1v) is 12.8. The number of benzene rings is 2. The quantitative estimate of drug-likeness (QED) is 0.450. The summed E-state index contributed by atoms with van der Waals surface area (Å²) < 4.78 is 48.8. The minimum atomic E-state index is -5.15. The molecule has 0 amide bonds. The third-order valence-electron chi connectivity index (χ3n) is 4.76. The summed E-state index contributed by atoms with van der Waals surface area (Å²) in [6.45, 7) is 11.4. The Hall–Kier alpha value is -1.54. The van der Waals surface area contributed by atoms with Crippen LogP contribution in [0.1, 0.15) is 37.5 Å². The number of aryl methyl sites for hydroxylation is 3. The topological polar surface area (TPSA) is 3.24 Å². The molecule has 0 bridgehead atoms. The fourth-order valence-electron chi connectivity index (χ4n) is 3.35. The van der Waals surface area contributed by atoms with Crippen LogP contribution in [-0.2, 0) is 0 Å². The number of hydrogen-bond acceptors (Lipinski definition) is 1. The van der Waals surface area contributed by atoms with Gasteiger partial charge in [0.1, 0.15) is 0 Å². The Morgan fingerprint density at radius 3 is 1.73 bits per heavy atom. The van der Waals surface area contributed by atoms with Crippen LogP contribution in [0.3, 0.4) is 0 Å². The SMILES string of the molecule is Cc1cc(C)c(N([Si](C)(F)c2ccccc2)[Si](F)(F)C(C)(C)C)c(C)c1. The largest absolute Gasteiger partial charge is 0.536 e. The van der Waals surface area contributed by atoms with Gasteiger partial charge in [0.15, 0.2) is 0 Å². The third-order valence-corrected chi connectivity index (χ3v) is 11.9. The molecule has 0 aliphatic carbocycles. The van der Waals surface area contributed by atoms with Crippen LogP contribution in [0.25, 0.3) is 0 Å². The van der Waals surface area contributed by atoms with Gasteiger partial charge in [0.2, 0.25) is 0 Å². The van der Waals surface area contributed by atoms with Gasteiger partial charge in [-0.15, -0.1) is 0 Å². The van der Waals surface area contributed by atoms with Crippen molar-refractivity contribution in [3.05, 3.63) is 59.2 Å². The predicted molar refractivity (Wildman–Crippen MR) is 110 cm³/mol. The summed E-state index contributed by atoms with van der Waals surface area (Å²) >= 11 is 0. The van der Waals surface area contributed by atoms with Crippen molar-refractivity contribution in [1.82, 2.24) is 0 Å². The normalized spacial score (nSPS) is 14.8. The lowest BCUT2D eigenvalue weighted by atomic mass is 10.1. The van der Waals surface area contributed by atoms with Gasteiger partial charge in [-0.1, -0.05) is 68.8 Å². The first-order chi connectivity index (χ1) is 11.8. The van der Waals surface area contributed by atoms with Gasteiger partial charge in [-0.25, -0.2) is 8.22 Å². The first-order valence-electron chi connectivity index (χ1n) is 8.80. The lowest BCUT2D eigenvalue weighted by Gasteiger charge is -2.45. The van der Waals surface area contributed by atoms with Gasteiger partial charge in [-0.05, 0) is 43.6 Å². The molecule has 1 nitrogen and oxygen atoms in total. The second kappa shape index (κ2) is 6.89. The molecule has 0 aromatic heterocycles. The number of anilines is 1. The summed E-state index contributed by atoms with van der Waals surface area (Å²) in [5.41, 5.74) is 2.76. The van der Waals surface area contributed by atoms with Crippen molar-refractivity contribution in [1.29, 1.82) is 0 Å². The Bertz CT molecular complexity index is 760. The minimum absolute atomic E-state index is 0.364. The Balaban J connectivity index is 2.81. The maximum Gasteiger partial charge on any atom is 0.536 e. The summed E-state index contributed by atoms with van der Waals surface area (Å²) in [4.78, 5) is 0. The zero-order chi connectivity index (χ0) is 19.9. The molecule has 0 aliphatic heterocycles. The second-order valence-corrected chi connectivity index (χ2v) is 14.6. The first kappa shape index (κ1) is 20.8. The molecule has 0 fully saturated rings. The van der Waals surface area contributed by atoms with Crippen molar-refractivity contribution in [3.63, 3.8) is 0 Å². The monoisotopic (exact) mass is 395 g/mol. The molecule has 1 unspecified atom stereocenters. The number of halogens is 3. The standard InChI is InChI=1S/C20H28F3NSi2/c1-15-13-16(2)19(17(3)14-15)24(26(22,23)20(4,5)6)25(7,21)18-11-9-8-10-12-18/h8-14H,1-7H3. The summed E-state index contributed by atoms with van der Waals surface area (Å²) in [6, 6.07) is 12.2. The summed E-state index contributed by atoms with van der Waals surface area (Å²) in [7, 11) is -9.28. The van der Waals surface area contributed by atoms with E-state index in [9.17, 15) is 0 Å². The van der Waals surface area contributed by atoms with Crippen LogP contribution in [0.15, 0.2) is 42.5 Å². The van der Waals surface area contributed by atoms with Crippen LogP contribution >= 0.6 is 0 Å². The zero-order valence-corrected chi connectivity index (χ0v) is 18.6. The molecular formula is C20H28F3NSi2. The van der Waals surface area contributed by atoms with Crippen molar-refractivity contribution in [2.75, 3.05) is 4.23 Å². The highest BCUT2D eigenvalue weighted by Crippen LogP contribution is 2.46. The fourth-order valence-corrected chi connectivity index (χ4v) is 9.99. The number of nitrogens with zero attached hydrogens (tertiary/aromatic N) is 1. The van der Waals surface area contributed by atoms with Crippen LogP contribution in [-0.4, -0.2) is 17.5 Å². The molecule has 0 heterocycles. The van der Waals surface area contributed by atoms with E-state index in [1.807, 2.05) is 19.1 Å². The molecule has 6 heteroatoms. The van der Waals surface area contributed by atoms with Crippen LogP contribution in [0.5, 0.6) is 0 Å². The van der Waals surface area contributed by atoms with Gasteiger partial charge in [-0.2, -0.15) is 0 Å². The summed E-state index contributed by atoms with van der Waals surface area (Å²) in [5, 5.41) is -0.915. The maximum atomic E-state index is 16.3. The van der Waals surface area contributed by atoms with E-state index in [2.05, 4.69) is 0 Å². The van der Waals surface area contributed by atoms with Crippen molar-refractivity contribution in [2.24, 2.45) is 0 Å². The van der Waals surface area contributed by atoms with Crippen LogP contribution in [0.4, 0.5) is 18.0 Å². The van der Waals surface area contributed by atoms with Gasteiger partial charge >= 0.3 is 17.5 Å². The maximum absolute atomic E-state index is 16.3. The van der Waals surface area contributed by atoms with Gasteiger partial charge in [0.25, 0.3) is 0 Å². The Morgan fingerprint density at radius 2 is 1.31 bits per heavy atom. The van der Waals surface area contributed by atoms with Crippen LogP contribution < -0.4 is 9.42 Å². The van der Waals surface area contributed by atoms with Gasteiger partial charge in [0, 0.05) is 10.7 Å². The number of rotatable bonds is 4. The number of hydrogen-bond donors (Lipinski definition) is 0. The molecule has 142 valence electrons. The van der Waals surface area contributed by atoms with Crippen LogP contribution in [0.2, 0.25) is 11.6 Å². The molecule has 0 radical (unpaired) electrons. The van der Waals surface area contributed by atoms with Crippen molar-refractivity contribution in [2.45, 2.75) is 53.1 Å². The minimum Gasteiger partial charge on any atom is -0.346 e. The van der Waals surface area contributed by atoms with Gasteiger partial charge in [0.05, 0.1) is 0 Å². The summed E-state index contributed by atoms with van der Waals surface area (Å²) in [5.74, 6) is 0. The van der Waals surface area contributed by atoms with Crippen molar-refractivity contribution >= 4 is 28.3 Å². The fraction of sp³-hybridized carbons (Fsp3) is 0.400. The van der Waals surface area contributed by atoms with E-state index in [1.54, 1.807) is 44.2 Å². The highest BCUT2D eigenvalue weighted by molar-refractivity contribution is 7.00. The van der Waals surface area contributed by atoms with Crippen molar-refractivity contribution in [3.8, 4) is 0 Å². The zero-order valence-electron chi connectivity index (χ0n) is 16.6. The van der Waals surface area contributed by atoms with Crippen LogP contribution in [0, 0.1) is 20.8 Å². The Morgan fingerprint density at radius 1 is 0.846 bits per heavy atom. The van der Waals surface area contributed by atoms with Gasteiger partial charge < -0.3 is 4.23 Å². The van der Waals surface area contributed by atoms with Crippen molar-refractivity contribution < 1.29 is 12.3 Å². The average molecular weight is 396 g/mol. The molecule has 2 aromatic rings. The third kappa shape index (κ3) is 3.62. The van der Waals surface area contributed by atoms with E-state index < -0.39 is 22.5 Å². The molecule has 0 saturated carbocycles. The van der Waals surface area contributed by atoms with E-state index in [4.69, 9.17) is 0 Å². The van der Waals surface area contributed by atoms with E-state index in [1.165, 1.54) is 27.3 Å². The van der Waals surface area contributed by atoms with E-state index in [0.717, 1.165) is 9.79 Å². The second-order valence-electron chi connectivity index (χ2n) is 8.19. The van der Waals surface area contributed by atoms with Gasteiger partial charge in [-0.3, -0.25) is 4.11 Å². The van der Waals surface area contributed by atoms with E-state index in [-0.39, 0.29) is 0 Å². The molecule has 0 aliphatic rings. The van der Waals surface area contributed by atoms with E-state index >= 15 is 12.3 Å². The molecule has 0 N–H and O–H groups in total. The molecule has 26 heavy (non-hydrogen) atoms. The molecule has 0 spiro atoms. The smallest absolute Gasteiger partial charge is 0.346 e. The Labute approximate surface area is 157 Å².